The van der Waals surface area contributed by atoms with Crippen LogP contribution >= 0.6 is 11.8 Å². The summed E-state index contributed by atoms with van der Waals surface area (Å²) in [5, 5.41) is 12.5. The number of aryl methyl sites for hydroxylation is 3. The van der Waals surface area contributed by atoms with Crippen molar-refractivity contribution in [2.24, 2.45) is 0 Å². The Morgan fingerprint density at radius 3 is 2.56 bits per heavy atom. The molecule has 0 bridgehead atoms. The van der Waals surface area contributed by atoms with Crippen LogP contribution in [0.2, 0.25) is 0 Å². The Labute approximate surface area is 151 Å². The SMILES string of the molecule is CCc1ccc(C(=O)CSc2nnnn2-c2ccc(C)cc2C)cc1. The Balaban J connectivity index is 1.74. The maximum atomic E-state index is 12.4. The van der Waals surface area contributed by atoms with Gasteiger partial charge in [-0.3, -0.25) is 4.79 Å². The zero-order valence-corrected chi connectivity index (χ0v) is 15.4. The van der Waals surface area contributed by atoms with E-state index in [9.17, 15) is 4.79 Å². The van der Waals surface area contributed by atoms with Gasteiger partial charge in [0.2, 0.25) is 5.16 Å². The smallest absolute Gasteiger partial charge is 0.214 e. The lowest BCUT2D eigenvalue weighted by molar-refractivity contribution is 0.102. The monoisotopic (exact) mass is 352 g/mol. The van der Waals surface area contributed by atoms with E-state index in [1.807, 2.05) is 43.3 Å². The van der Waals surface area contributed by atoms with Crippen LogP contribution < -0.4 is 0 Å². The highest BCUT2D eigenvalue weighted by Gasteiger charge is 2.14. The molecule has 0 saturated carbocycles. The molecule has 5 nitrogen and oxygen atoms in total. The number of aromatic nitrogens is 4. The highest BCUT2D eigenvalue weighted by molar-refractivity contribution is 7.99. The molecule has 0 unspecified atom stereocenters. The van der Waals surface area contributed by atoms with E-state index in [2.05, 4.69) is 35.4 Å². The van der Waals surface area contributed by atoms with Gasteiger partial charge in [-0.15, -0.1) is 5.10 Å². The van der Waals surface area contributed by atoms with E-state index >= 15 is 0 Å². The average molecular weight is 352 g/mol. The first-order chi connectivity index (χ1) is 12.1. The molecule has 0 N–H and O–H groups in total. The van der Waals surface area contributed by atoms with Crippen molar-refractivity contribution in [3.63, 3.8) is 0 Å². The Bertz CT molecular complexity index is 887. The van der Waals surface area contributed by atoms with E-state index in [1.54, 1.807) is 4.68 Å². The highest BCUT2D eigenvalue weighted by atomic mass is 32.2. The number of nitrogens with zero attached hydrogens (tertiary/aromatic N) is 4. The summed E-state index contributed by atoms with van der Waals surface area (Å²) in [5.41, 5.74) is 5.15. The second kappa shape index (κ2) is 7.61. The van der Waals surface area contributed by atoms with Gasteiger partial charge in [-0.2, -0.15) is 4.68 Å². The van der Waals surface area contributed by atoms with E-state index in [-0.39, 0.29) is 5.78 Å². The van der Waals surface area contributed by atoms with Crippen molar-refractivity contribution in [1.82, 2.24) is 20.2 Å². The molecule has 3 aromatic rings. The number of ketones is 1. The van der Waals surface area contributed by atoms with E-state index in [0.717, 1.165) is 23.2 Å². The minimum absolute atomic E-state index is 0.0721. The minimum Gasteiger partial charge on any atom is -0.293 e. The Morgan fingerprint density at radius 1 is 1.12 bits per heavy atom. The van der Waals surface area contributed by atoms with Gasteiger partial charge in [-0.05, 0) is 47.9 Å². The topological polar surface area (TPSA) is 60.7 Å². The number of hydrogen-bond acceptors (Lipinski definition) is 5. The van der Waals surface area contributed by atoms with Gasteiger partial charge in [0, 0.05) is 5.56 Å². The van der Waals surface area contributed by atoms with Crippen LogP contribution in [0, 0.1) is 13.8 Å². The lowest BCUT2D eigenvalue weighted by Gasteiger charge is -2.08. The molecule has 0 saturated heterocycles. The van der Waals surface area contributed by atoms with Crippen molar-refractivity contribution in [1.29, 1.82) is 0 Å². The number of carbonyl (C=O) groups is 1. The number of hydrogen-bond donors (Lipinski definition) is 0. The van der Waals surface area contributed by atoms with Crippen LogP contribution in [0.4, 0.5) is 0 Å². The second-order valence-corrected chi connectivity index (χ2v) is 6.87. The summed E-state index contributed by atoms with van der Waals surface area (Å²) >= 11 is 1.35. The molecule has 0 radical (unpaired) electrons. The molecule has 0 spiro atoms. The molecule has 1 aromatic heterocycles. The van der Waals surface area contributed by atoms with Gasteiger partial charge in [0.05, 0.1) is 11.4 Å². The van der Waals surface area contributed by atoms with Gasteiger partial charge in [-0.25, -0.2) is 0 Å². The lowest BCUT2D eigenvalue weighted by atomic mass is 10.1. The van der Waals surface area contributed by atoms with Crippen molar-refractivity contribution in [2.75, 3.05) is 5.75 Å². The highest BCUT2D eigenvalue weighted by Crippen LogP contribution is 2.22. The van der Waals surface area contributed by atoms with Gasteiger partial charge in [0.15, 0.2) is 5.78 Å². The third-order valence-electron chi connectivity index (χ3n) is 4.04. The second-order valence-electron chi connectivity index (χ2n) is 5.93. The molecular formula is C19H20N4OS. The van der Waals surface area contributed by atoms with Crippen LogP contribution in [0.1, 0.15) is 34.0 Å². The van der Waals surface area contributed by atoms with Crippen molar-refractivity contribution < 1.29 is 4.79 Å². The summed E-state index contributed by atoms with van der Waals surface area (Å²) in [6, 6.07) is 13.9. The number of rotatable bonds is 6. The number of thioether (sulfide) groups is 1. The molecule has 6 heteroatoms. The predicted molar refractivity (Wildman–Crippen MR) is 99.5 cm³/mol. The molecule has 25 heavy (non-hydrogen) atoms. The number of tetrazole rings is 1. The molecule has 0 aliphatic rings. The predicted octanol–water partition coefficient (Wildman–Crippen LogP) is 3.82. The molecule has 0 fully saturated rings. The fourth-order valence-electron chi connectivity index (χ4n) is 2.60. The molecule has 128 valence electrons. The molecule has 1 heterocycles. The fraction of sp³-hybridized carbons (Fsp3) is 0.263. The summed E-state index contributed by atoms with van der Waals surface area (Å²) in [4.78, 5) is 12.4. The molecule has 2 aromatic carbocycles. The van der Waals surface area contributed by atoms with Crippen molar-refractivity contribution >= 4 is 17.5 Å². The van der Waals surface area contributed by atoms with Crippen molar-refractivity contribution in [2.45, 2.75) is 32.3 Å². The van der Waals surface area contributed by atoms with Gasteiger partial charge in [0.25, 0.3) is 0 Å². The molecule has 0 aliphatic heterocycles. The Kier molecular flexibility index (Phi) is 5.28. The van der Waals surface area contributed by atoms with Gasteiger partial charge in [-0.1, -0.05) is 60.6 Å². The molecule has 0 aliphatic carbocycles. The standard InChI is InChI=1S/C19H20N4OS/c1-4-15-6-8-16(9-7-15)18(24)12-25-19-20-21-22-23(19)17-10-5-13(2)11-14(17)3/h5-11H,4,12H2,1-3H3. The van der Waals surface area contributed by atoms with E-state index in [0.29, 0.717) is 10.9 Å². The van der Waals surface area contributed by atoms with Gasteiger partial charge in [0.1, 0.15) is 0 Å². The van der Waals surface area contributed by atoms with E-state index < -0.39 is 0 Å². The van der Waals surface area contributed by atoms with Crippen LogP contribution in [0.5, 0.6) is 0 Å². The summed E-state index contributed by atoms with van der Waals surface area (Å²) in [7, 11) is 0. The first kappa shape index (κ1) is 17.4. The van der Waals surface area contributed by atoms with Gasteiger partial charge < -0.3 is 0 Å². The van der Waals surface area contributed by atoms with Crippen molar-refractivity contribution in [3.8, 4) is 5.69 Å². The van der Waals surface area contributed by atoms with Crippen LogP contribution in [-0.4, -0.2) is 31.7 Å². The minimum atomic E-state index is 0.0721. The third kappa shape index (κ3) is 3.96. The first-order valence-corrected chi connectivity index (χ1v) is 9.18. The number of carbonyl (C=O) groups excluding carboxylic acids is 1. The van der Waals surface area contributed by atoms with Crippen LogP contribution in [0.3, 0.4) is 0 Å². The fourth-order valence-corrected chi connectivity index (χ4v) is 3.38. The molecule has 0 amide bonds. The Hall–Kier alpha value is -2.47. The van der Waals surface area contributed by atoms with Crippen LogP contribution in [0.15, 0.2) is 47.6 Å². The zero-order valence-electron chi connectivity index (χ0n) is 14.6. The van der Waals surface area contributed by atoms with E-state index in [4.69, 9.17) is 0 Å². The third-order valence-corrected chi connectivity index (χ3v) is 4.96. The lowest BCUT2D eigenvalue weighted by Crippen LogP contribution is -2.06. The van der Waals surface area contributed by atoms with Crippen molar-refractivity contribution in [3.05, 3.63) is 64.7 Å². The maximum Gasteiger partial charge on any atom is 0.214 e. The molecule has 0 atom stereocenters. The largest absolute Gasteiger partial charge is 0.293 e. The van der Waals surface area contributed by atoms with Crippen LogP contribution in [0.25, 0.3) is 5.69 Å². The summed E-state index contributed by atoms with van der Waals surface area (Å²) < 4.78 is 1.69. The molecular weight excluding hydrogens is 332 g/mol. The average Bonchev–Trinajstić information content (AvgIpc) is 3.08. The normalized spacial score (nSPS) is 10.8. The number of benzene rings is 2. The number of Topliss-reactive ketones (excluding diaryl/α,β-unsaturated/α-hetero) is 1. The Morgan fingerprint density at radius 2 is 1.88 bits per heavy atom. The first-order valence-electron chi connectivity index (χ1n) is 8.19. The summed E-state index contributed by atoms with van der Waals surface area (Å²) in [6.07, 6.45) is 0.966. The zero-order chi connectivity index (χ0) is 17.8. The van der Waals surface area contributed by atoms with E-state index in [1.165, 1.54) is 22.9 Å². The summed E-state index contributed by atoms with van der Waals surface area (Å²) in [5.74, 6) is 0.374. The van der Waals surface area contributed by atoms with Gasteiger partial charge >= 0.3 is 0 Å². The summed E-state index contributed by atoms with van der Waals surface area (Å²) in [6.45, 7) is 6.17. The quantitative estimate of drug-likeness (QED) is 0.498. The molecule has 3 rings (SSSR count). The maximum absolute atomic E-state index is 12.4. The van der Waals surface area contributed by atoms with Crippen LogP contribution in [-0.2, 0) is 6.42 Å².